The van der Waals surface area contributed by atoms with E-state index in [0.717, 1.165) is 11.8 Å². The molecular weight excluding hydrogens is 570 g/mol. The molecule has 6 nitrogen and oxygen atoms in total. The van der Waals surface area contributed by atoms with Crippen LogP contribution in [0.15, 0.2) is 102 Å². The van der Waals surface area contributed by atoms with Crippen LogP contribution in [-0.2, 0) is 9.59 Å². The minimum Gasteiger partial charge on any atom is -0.321 e. The van der Waals surface area contributed by atoms with Gasteiger partial charge in [0.25, 0.3) is 11.8 Å². The second kappa shape index (κ2) is 13.6. The van der Waals surface area contributed by atoms with E-state index < -0.39 is 51.9 Å². The molecule has 0 saturated carbocycles. The maximum atomic E-state index is 13.9. The number of benzene rings is 4. The van der Waals surface area contributed by atoms with E-state index in [-0.39, 0.29) is 11.8 Å². The van der Waals surface area contributed by atoms with Gasteiger partial charge in [-0.2, -0.15) is 0 Å². The maximum absolute atomic E-state index is 13.9. The van der Waals surface area contributed by atoms with Crippen LogP contribution in [0.2, 0.25) is 0 Å². The van der Waals surface area contributed by atoms with Gasteiger partial charge in [0.05, 0.1) is 5.25 Å². The van der Waals surface area contributed by atoms with E-state index in [2.05, 4.69) is 10.6 Å². The normalized spacial score (nSPS) is 11.9. The summed E-state index contributed by atoms with van der Waals surface area (Å²) in [6.07, 6.45) is 1.54. The lowest BCUT2D eigenvalue weighted by atomic mass is 10.1. The standard InChI is InChI=1S/C31H23F4N3O3S/c1-18(29(39)38-28-26(34)23(32)17-24(33)27(28)35)42-22-14-12-21(13-15-22)36-31(41)25(16-19-8-4-2-5-9-19)37-30(40)20-10-6-3-7-11-20/h2-18H,1H3,(H,36,41)(H,37,40)(H,38,39)/b25-16-. The minimum atomic E-state index is -1.71. The molecule has 0 bridgehead atoms. The zero-order chi connectivity index (χ0) is 30.2. The van der Waals surface area contributed by atoms with Crippen LogP contribution in [0, 0.1) is 23.3 Å². The van der Waals surface area contributed by atoms with Crippen molar-refractivity contribution >= 4 is 46.9 Å². The van der Waals surface area contributed by atoms with Crippen LogP contribution in [0.25, 0.3) is 6.08 Å². The molecule has 4 aromatic rings. The Labute approximate surface area is 242 Å². The van der Waals surface area contributed by atoms with Crippen molar-refractivity contribution in [3.05, 3.63) is 131 Å². The molecule has 0 radical (unpaired) electrons. The number of nitrogens with one attached hydrogen (secondary N) is 3. The van der Waals surface area contributed by atoms with Gasteiger partial charge in [0, 0.05) is 22.2 Å². The van der Waals surface area contributed by atoms with Gasteiger partial charge in [-0.1, -0.05) is 48.5 Å². The van der Waals surface area contributed by atoms with E-state index >= 15 is 0 Å². The molecule has 0 heterocycles. The van der Waals surface area contributed by atoms with Crippen molar-refractivity contribution < 1.29 is 31.9 Å². The van der Waals surface area contributed by atoms with E-state index in [0.29, 0.717) is 21.7 Å². The van der Waals surface area contributed by atoms with Gasteiger partial charge in [-0.05, 0) is 55.0 Å². The summed E-state index contributed by atoms with van der Waals surface area (Å²) in [5.74, 6) is -8.62. The average Bonchev–Trinajstić information content (AvgIpc) is 2.99. The van der Waals surface area contributed by atoms with Gasteiger partial charge in [0.2, 0.25) is 5.91 Å². The van der Waals surface area contributed by atoms with Crippen LogP contribution in [0.3, 0.4) is 0 Å². The Hall–Kier alpha value is -4.90. The summed E-state index contributed by atoms with van der Waals surface area (Å²) < 4.78 is 54.7. The average molecular weight is 594 g/mol. The lowest BCUT2D eigenvalue weighted by Gasteiger charge is -2.14. The number of hydrogen-bond acceptors (Lipinski definition) is 4. The van der Waals surface area contributed by atoms with Crippen molar-refractivity contribution in [3.63, 3.8) is 0 Å². The smallest absolute Gasteiger partial charge is 0.272 e. The first-order chi connectivity index (χ1) is 20.1. The highest BCUT2D eigenvalue weighted by atomic mass is 32.2. The molecule has 1 unspecified atom stereocenters. The molecule has 0 saturated heterocycles. The lowest BCUT2D eigenvalue weighted by Crippen LogP contribution is -2.30. The molecule has 0 aromatic heterocycles. The van der Waals surface area contributed by atoms with Gasteiger partial charge < -0.3 is 16.0 Å². The number of rotatable bonds is 9. The molecule has 0 aliphatic carbocycles. The zero-order valence-corrected chi connectivity index (χ0v) is 22.8. The molecule has 0 spiro atoms. The minimum absolute atomic E-state index is 0.00653. The van der Waals surface area contributed by atoms with Crippen molar-refractivity contribution in [2.45, 2.75) is 17.1 Å². The molecule has 11 heteroatoms. The first-order valence-electron chi connectivity index (χ1n) is 12.5. The molecule has 214 valence electrons. The number of carbonyl (C=O) groups is 3. The third-order valence-electron chi connectivity index (χ3n) is 5.79. The summed E-state index contributed by atoms with van der Waals surface area (Å²) in [5, 5.41) is 6.34. The van der Waals surface area contributed by atoms with Crippen LogP contribution >= 0.6 is 11.8 Å². The largest absolute Gasteiger partial charge is 0.321 e. The molecule has 1 atom stereocenters. The first kappa shape index (κ1) is 30.1. The van der Waals surface area contributed by atoms with Gasteiger partial charge in [0.15, 0.2) is 23.3 Å². The van der Waals surface area contributed by atoms with Crippen LogP contribution in [0.5, 0.6) is 0 Å². The number of amides is 3. The van der Waals surface area contributed by atoms with Crippen molar-refractivity contribution in [2.24, 2.45) is 0 Å². The SMILES string of the molecule is CC(Sc1ccc(NC(=O)/C(=C/c2ccccc2)NC(=O)c2ccccc2)cc1)C(=O)Nc1c(F)c(F)cc(F)c1F. The second-order valence-electron chi connectivity index (χ2n) is 8.86. The van der Waals surface area contributed by atoms with Crippen molar-refractivity contribution in [1.29, 1.82) is 0 Å². The Bertz CT molecular complexity index is 1610. The van der Waals surface area contributed by atoms with Crippen LogP contribution in [0.1, 0.15) is 22.8 Å². The fourth-order valence-electron chi connectivity index (χ4n) is 3.64. The van der Waals surface area contributed by atoms with Crippen LogP contribution < -0.4 is 16.0 Å². The van der Waals surface area contributed by atoms with Gasteiger partial charge in [-0.3, -0.25) is 14.4 Å². The molecule has 4 aromatic carbocycles. The Morgan fingerprint density at radius 3 is 1.93 bits per heavy atom. The highest BCUT2D eigenvalue weighted by Gasteiger charge is 2.23. The molecule has 4 rings (SSSR count). The van der Waals surface area contributed by atoms with Gasteiger partial charge in [0.1, 0.15) is 11.4 Å². The Morgan fingerprint density at radius 2 is 1.33 bits per heavy atom. The molecule has 0 fully saturated rings. The van der Waals surface area contributed by atoms with E-state index in [1.165, 1.54) is 13.0 Å². The monoisotopic (exact) mass is 593 g/mol. The number of thioether (sulfide) groups is 1. The third-order valence-corrected chi connectivity index (χ3v) is 6.91. The van der Waals surface area contributed by atoms with Crippen molar-refractivity contribution in [3.8, 4) is 0 Å². The predicted molar refractivity (Wildman–Crippen MR) is 154 cm³/mol. The van der Waals surface area contributed by atoms with Crippen LogP contribution in [0.4, 0.5) is 28.9 Å². The Morgan fingerprint density at radius 1 is 0.762 bits per heavy atom. The van der Waals surface area contributed by atoms with Gasteiger partial charge >= 0.3 is 0 Å². The number of carbonyl (C=O) groups excluding carboxylic acids is 3. The zero-order valence-electron chi connectivity index (χ0n) is 22.0. The summed E-state index contributed by atoms with van der Waals surface area (Å²) >= 11 is 1.01. The number of hydrogen-bond donors (Lipinski definition) is 3. The molecule has 0 aliphatic rings. The second-order valence-corrected chi connectivity index (χ2v) is 10.3. The quantitative estimate of drug-likeness (QED) is 0.0865. The maximum Gasteiger partial charge on any atom is 0.272 e. The summed E-state index contributed by atoms with van der Waals surface area (Å²) in [6.45, 7) is 1.44. The van der Waals surface area contributed by atoms with E-state index in [4.69, 9.17) is 0 Å². The van der Waals surface area contributed by atoms with E-state index in [9.17, 15) is 31.9 Å². The molecular formula is C31H23F4N3O3S. The molecule has 42 heavy (non-hydrogen) atoms. The summed E-state index contributed by atoms with van der Waals surface area (Å²) in [4.78, 5) is 38.9. The molecule has 3 amide bonds. The summed E-state index contributed by atoms with van der Waals surface area (Å²) in [7, 11) is 0. The first-order valence-corrected chi connectivity index (χ1v) is 13.4. The van der Waals surface area contributed by atoms with Crippen molar-refractivity contribution in [1.82, 2.24) is 5.32 Å². The molecule has 0 aliphatic heterocycles. The number of anilines is 2. The fraction of sp³-hybridized carbons (Fsp3) is 0.0645. The summed E-state index contributed by atoms with van der Waals surface area (Å²) in [6, 6.07) is 23.7. The summed E-state index contributed by atoms with van der Waals surface area (Å²) in [5.41, 5.74) is 0.245. The highest BCUT2D eigenvalue weighted by Crippen LogP contribution is 2.28. The van der Waals surface area contributed by atoms with Gasteiger partial charge in [-0.15, -0.1) is 11.8 Å². The van der Waals surface area contributed by atoms with Crippen LogP contribution in [-0.4, -0.2) is 23.0 Å². The highest BCUT2D eigenvalue weighted by molar-refractivity contribution is 8.00. The fourth-order valence-corrected chi connectivity index (χ4v) is 4.51. The lowest BCUT2D eigenvalue weighted by molar-refractivity contribution is -0.115. The third kappa shape index (κ3) is 7.64. The number of halogens is 4. The topological polar surface area (TPSA) is 87.3 Å². The van der Waals surface area contributed by atoms with Crippen molar-refractivity contribution in [2.75, 3.05) is 10.6 Å². The van der Waals surface area contributed by atoms with Gasteiger partial charge in [-0.25, -0.2) is 17.6 Å². The Balaban J connectivity index is 1.43. The Kier molecular flexibility index (Phi) is 9.77. The van der Waals surface area contributed by atoms with E-state index in [1.807, 2.05) is 11.4 Å². The predicted octanol–water partition coefficient (Wildman–Crippen LogP) is 6.77. The van der Waals surface area contributed by atoms with E-state index in [1.54, 1.807) is 78.9 Å². The molecule has 3 N–H and O–H groups in total.